The van der Waals surface area contributed by atoms with Gasteiger partial charge in [0.2, 0.25) is 5.82 Å². The van der Waals surface area contributed by atoms with Crippen molar-refractivity contribution < 1.29 is 13.5 Å². The molecule has 1 nitrogen and oxygen atoms in total. The molecule has 1 aliphatic carbocycles. The third-order valence-electron chi connectivity index (χ3n) is 3.88. The molecule has 0 radical (unpaired) electrons. The fraction of sp³-hybridized carbons (Fsp3) is 0.600. The summed E-state index contributed by atoms with van der Waals surface area (Å²) < 4.78 is 33.0. The molecule has 1 saturated carbocycles. The topological polar surface area (TPSA) is 9.23 Å². The fourth-order valence-electron chi connectivity index (χ4n) is 2.76. The van der Waals surface area contributed by atoms with Gasteiger partial charge in [0.15, 0.2) is 11.6 Å². The summed E-state index contributed by atoms with van der Waals surface area (Å²) in [5.41, 5.74) is 0.508. The molecule has 0 heterocycles. The van der Waals surface area contributed by atoms with Crippen molar-refractivity contribution in [1.82, 2.24) is 0 Å². The lowest BCUT2D eigenvalue weighted by molar-refractivity contribution is 0.308. The van der Waals surface area contributed by atoms with Crippen molar-refractivity contribution in [2.45, 2.75) is 38.5 Å². The molecule has 1 aromatic carbocycles. The third kappa shape index (κ3) is 3.28. The van der Waals surface area contributed by atoms with Gasteiger partial charge in [-0.15, -0.1) is 0 Å². The van der Waals surface area contributed by atoms with Crippen molar-refractivity contribution in [2.24, 2.45) is 5.92 Å². The normalized spacial score (nSPS) is 23.4. The van der Waals surface area contributed by atoms with Crippen molar-refractivity contribution in [2.75, 3.05) is 11.9 Å². The maximum absolute atomic E-state index is 14.1. The predicted molar refractivity (Wildman–Crippen MR) is 76.0 cm³/mol. The number of halogens is 3. The van der Waals surface area contributed by atoms with Crippen LogP contribution in [0.5, 0.6) is 5.75 Å². The van der Waals surface area contributed by atoms with Crippen molar-refractivity contribution in [3.63, 3.8) is 0 Å². The maximum atomic E-state index is 14.1. The molecular weight excluding hydrogens is 314 g/mol. The molecular formula is C15H19BrF2O. The van der Waals surface area contributed by atoms with E-state index in [4.69, 9.17) is 4.74 Å². The highest BCUT2D eigenvalue weighted by molar-refractivity contribution is 9.09. The number of benzene rings is 1. The van der Waals surface area contributed by atoms with E-state index in [-0.39, 0.29) is 11.7 Å². The van der Waals surface area contributed by atoms with Gasteiger partial charge in [-0.2, -0.15) is 4.39 Å². The second-order valence-electron chi connectivity index (χ2n) is 5.09. The van der Waals surface area contributed by atoms with Gasteiger partial charge in [-0.25, -0.2) is 4.39 Å². The zero-order valence-corrected chi connectivity index (χ0v) is 12.7. The zero-order valence-electron chi connectivity index (χ0n) is 11.1. The van der Waals surface area contributed by atoms with Crippen LogP contribution in [0.1, 0.15) is 44.1 Å². The van der Waals surface area contributed by atoms with Crippen LogP contribution in [0.3, 0.4) is 0 Å². The first kappa shape index (κ1) is 14.8. The Labute approximate surface area is 121 Å². The number of hydrogen-bond acceptors (Lipinski definition) is 1. The molecule has 1 aliphatic rings. The summed E-state index contributed by atoms with van der Waals surface area (Å²) in [5, 5.41) is 1.000. The van der Waals surface area contributed by atoms with Crippen LogP contribution in [-0.4, -0.2) is 11.9 Å². The van der Waals surface area contributed by atoms with Gasteiger partial charge >= 0.3 is 0 Å². The fourth-order valence-corrected chi connectivity index (χ4v) is 3.40. The smallest absolute Gasteiger partial charge is 0.200 e. The largest absolute Gasteiger partial charge is 0.491 e. The average Bonchev–Trinajstić information content (AvgIpc) is 2.45. The second-order valence-corrected chi connectivity index (χ2v) is 5.73. The molecule has 0 saturated heterocycles. The van der Waals surface area contributed by atoms with Gasteiger partial charge in [0.25, 0.3) is 0 Å². The van der Waals surface area contributed by atoms with Gasteiger partial charge in [-0.3, -0.25) is 0 Å². The van der Waals surface area contributed by atoms with E-state index in [0.717, 1.165) is 31.0 Å². The molecule has 1 fully saturated rings. The van der Waals surface area contributed by atoms with Gasteiger partial charge in [-0.1, -0.05) is 22.0 Å². The molecule has 2 rings (SSSR count). The minimum Gasteiger partial charge on any atom is -0.491 e. The average molecular weight is 333 g/mol. The highest BCUT2D eigenvalue weighted by Crippen LogP contribution is 2.38. The van der Waals surface area contributed by atoms with Gasteiger partial charge in [0, 0.05) is 5.33 Å². The highest BCUT2D eigenvalue weighted by atomic mass is 79.9. The Balaban J connectivity index is 2.15. The van der Waals surface area contributed by atoms with Gasteiger partial charge in [-0.05, 0) is 56.1 Å². The van der Waals surface area contributed by atoms with E-state index in [1.807, 2.05) is 0 Å². The maximum Gasteiger partial charge on any atom is 0.200 e. The summed E-state index contributed by atoms with van der Waals surface area (Å²) in [5.74, 6) is -0.750. The van der Waals surface area contributed by atoms with Crippen molar-refractivity contribution in [3.8, 4) is 5.75 Å². The molecule has 0 N–H and O–H groups in total. The molecule has 0 aromatic heterocycles. The van der Waals surface area contributed by atoms with Crippen LogP contribution in [0, 0.1) is 17.6 Å². The number of rotatable bonds is 4. The monoisotopic (exact) mass is 332 g/mol. The first-order valence-corrected chi connectivity index (χ1v) is 7.96. The van der Waals surface area contributed by atoms with E-state index in [0.29, 0.717) is 18.1 Å². The molecule has 1 aromatic rings. The summed E-state index contributed by atoms with van der Waals surface area (Å²) in [6, 6.07) is 3.23. The Bertz CT molecular complexity index is 428. The summed E-state index contributed by atoms with van der Waals surface area (Å²) in [4.78, 5) is 0. The molecule has 0 unspecified atom stereocenters. The van der Waals surface area contributed by atoms with Crippen LogP contribution < -0.4 is 4.74 Å². The Hall–Kier alpha value is -0.640. The van der Waals surface area contributed by atoms with Gasteiger partial charge < -0.3 is 4.74 Å². The highest BCUT2D eigenvalue weighted by Gasteiger charge is 2.26. The van der Waals surface area contributed by atoms with Crippen LogP contribution in [-0.2, 0) is 0 Å². The van der Waals surface area contributed by atoms with Crippen molar-refractivity contribution in [1.29, 1.82) is 0 Å². The lowest BCUT2D eigenvalue weighted by Crippen LogP contribution is -2.15. The van der Waals surface area contributed by atoms with E-state index >= 15 is 0 Å². The Morgan fingerprint density at radius 3 is 2.42 bits per heavy atom. The third-order valence-corrected chi connectivity index (χ3v) is 4.80. The Morgan fingerprint density at radius 2 is 1.84 bits per heavy atom. The first-order valence-electron chi connectivity index (χ1n) is 6.84. The Morgan fingerprint density at radius 1 is 1.16 bits per heavy atom. The van der Waals surface area contributed by atoms with Gasteiger partial charge in [0.05, 0.1) is 6.61 Å². The molecule has 0 amide bonds. The summed E-state index contributed by atoms with van der Waals surface area (Å²) in [6.45, 7) is 2.10. The lowest BCUT2D eigenvalue weighted by atomic mass is 9.79. The number of alkyl halides is 1. The Kier molecular flexibility index (Phi) is 5.20. The summed E-state index contributed by atoms with van der Waals surface area (Å²) >= 11 is 3.49. The summed E-state index contributed by atoms with van der Waals surface area (Å²) in [6.07, 6.45) is 4.01. The quantitative estimate of drug-likeness (QED) is 0.702. The molecule has 4 heteroatoms. The lowest BCUT2D eigenvalue weighted by Gasteiger charge is -2.28. The van der Waals surface area contributed by atoms with Crippen LogP contribution in [0.15, 0.2) is 12.1 Å². The standard InChI is InChI=1S/C15H19BrF2O/c1-2-19-13-8-7-12(14(17)15(13)18)11-5-3-10(9-16)4-6-11/h7-8,10-11H,2-6,9H2,1H3/t10-,11-. The van der Waals surface area contributed by atoms with Crippen LogP contribution in [0.25, 0.3) is 0 Å². The van der Waals surface area contributed by atoms with Crippen LogP contribution >= 0.6 is 15.9 Å². The van der Waals surface area contributed by atoms with Crippen molar-refractivity contribution >= 4 is 15.9 Å². The predicted octanol–water partition coefficient (Wildman–Crippen LogP) is 5.03. The van der Waals surface area contributed by atoms with E-state index in [9.17, 15) is 8.78 Å². The van der Waals surface area contributed by atoms with E-state index in [1.165, 1.54) is 0 Å². The molecule has 0 bridgehead atoms. The number of hydrogen-bond donors (Lipinski definition) is 0. The minimum absolute atomic E-state index is 0.0119. The molecule has 0 spiro atoms. The molecule has 0 aliphatic heterocycles. The molecule has 0 atom stereocenters. The van der Waals surface area contributed by atoms with E-state index < -0.39 is 11.6 Å². The zero-order chi connectivity index (χ0) is 13.8. The second kappa shape index (κ2) is 6.69. The number of ether oxygens (including phenoxy) is 1. The van der Waals surface area contributed by atoms with Crippen molar-refractivity contribution in [3.05, 3.63) is 29.3 Å². The van der Waals surface area contributed by atoms with E-state index in [1.54, 1.807) is 19.1 Å². The van der Waals surface area contributed by atoms with Crippen LogP contribution in [0.4, 0.5) is 8.78 Å². The molecule has 106 valence electrons. The summed E-state index contributed by atoms with van der Waals surface area (Å²) in [7, 11) is 0. The van der Waals surface area contributed by atoms with Crippen LogP contribution in [0.2, 0.25) is 0 Å². The SMILES string of the molecule is CCOc1ccc([C@H]2CC[C@H](CBr)CC2)c(F)c1F. The van der Waals surface area contributed by atoms with E-state index in [2.05, 4.69) is 15.9 Å². The minimum atomic E-state index is -0.845. The molecule has 19 heavy (non-hydrogen) atoms. The first-order chi connectivity index (χ1) is 9.17. The van der Waals surface area contributed by atoms with Gasteiger partial charge in [0.1, 0.15) is 0 Å².